The molecule has 2 N–H and O–H groups in total. The molecule has 6 nitrogen and oxygen atoms in total. The van der Waals surface area contributed by atoms with Crippen molar-refractivity contribution in [3.05, 3.63) is 120 Å². The highest BCUT2D eigenvalue weighted by Crippen LogP contribution is 2.26. The van der Waals surface area contributed by atoms with E-state index in [0.717, 1.165) is 11.1 Å². The number of pyridine rings is 1. The summed E-state index contributed by atoms with van der Waals surface area (Å²) in [4.78, 5) is 30.3. The Morgan fingerprint density at radius 2 is 1.39 bits per heavy atom. The molecule has 4 aromatic carbocycles. The van der Waals surface area contributed by atoms with Crippen LogP contribution >= 0.6 is 0 Å². The number of carboxylic acid groups (broad SMARTS) is 1. The molecule has 1 heterocycles. The van der Waals surface area contributed by atoms with Crippen LogP contribution in [0.25, 0.3) is 21.8 Å². The van der Waals surface area contributed by atoms with E-state index in [1.165, 1.54) is 0 Å². The summed E-state index contributed by atoms with van der Waals surface area (Å²) in [5, 5.41) is 14.0. The zero-order valence-corrected chi connectivity index (χ0v) is 19.4. The molecule has 0 aliphatic rings. The van der Waals surface area contributed by atoms with Crippen LogP contribution < -0.4 is 10.1 Å². The second-order valence-corrected chi connectivity index (χ2v) is 8.51. The highest BCUT2D eigenvalue weighted by molar-refractivity contribution is 6.16. The Balaban J connectivity index is 1.38. The lowest BCUT2D eigenvalue weighted by atomic mass is 10.0. The number of aromatic nitrogens is 1. The van der Waals surface area contributed by atoms with Crippen molar-refractivity contribution in [3.8, 4) is 5.75 Å². The van der Waals surface area contributed by atoms with Crippen molar-refractivity contribution < 1.29 is 19.4 Å². The minimum Gasteiger partial charge on any atom is -0.489 e. The van der Waals surface area contributed by atoms with Crippen molar-refractivity contribution in [2.45, 2.75) is 19.1 Å². The second kappa shape index (κ2) is 10.3. The predicted molar refractivity (Wildman–Crippen MR) is 139 cm³/mol. The lowest BCUT2D eigenvalue weighted by Gasteiger charge is -2.17. The van der Waals surface area contributed by atoms with Crippen molar-refractivity contribution in [2.24, 2.45) is 0 Å². The van der Waals surface area contributed by atoms with Gasteiger partial charge in [-0.05, 0) is 35.4 Å². The number of fused-ring (bicyclic) bond motifs is 2. The molecule has 0 fully saturated rings. The first-order chi connectivity index (χ1) is 17.6. The maximum absolute atomic E-state index is 13.5. The standard InChI is InChI=1S/C30H24N2O4/c33-29(28-23-13-4-6-15-25(23)31-26-16-7-5-14-24(26)28)32-27(30(34)35)18-21-11-8-12-22(17-21)36-19-20-9-2-1-3-10-20/h1-17,27H,18-19H2,(H,32,33)(H,34,35)/t27-/m1/s1. The van der Waals surface area contributed by atoms with Crippen LogP contribution in [-0.2, 0) is 17.8 Å². The summed E-state index contributed by atoms with van der Waals surface area (Å²) < 4.78 is 5.88. The molecule has 0 saturated heterocycles. The fraction of sp³-hybridized carbons (Fsp3) is 0.100. The van der Waals surface area contributed by atoms with E-state index in [1.807, 2.05) is 103 Å². The molecule has 5 rings (SSSR count). The predicted octanol–water partition coefficient (Wildman–Crippen LogP) is 5.39. The van der Waals surface area contributed by atoms with Crippen LogP contribution in [0, 0.1) is 0 Å². The first-order valence-corrected chi connectivity index (χ1v) is 11.7. The average molecular weight is 477 g/mol. The van der Waals surface area contributed by atoms with Gasteiger partial charge in [-0.15, -0.1) is 0 Å². The van der Waals surface area contributed by atoms with Crippen LogP contribution in [0.1, 0.15) is 21.5 Å². The van der Waals surface area contributed by atoms with Gasteiger partial charge in [0.2, 0.25) is 0 Å². The van der Waals surface area contributed by atoms with Gasteiger partial charge in [-0.1, -0.05) is 78.9 Å². The molecule has 0 saturated carbocycles. The number of hydrogen-bond donors (Lipinski definition) is 2. The van der Waals surface area contributed by atoms with E-state index >= 15 is 0 Å². The molecule has 1 aromatic heterocycles. The number of nitrogens with one attached hydrogen (secondary N) is 1. The maximum atomic E-state index is 13.5. The monoisotopic (exact) mass is 476 g/mol. The minimum absolute atomic E-state index is 0.116. The normalized spacial score (nSPS) is 11.8. The molecule has 36 heavy (non-hydrogen) atoms. The highest BCUT2D eigenvalue weighted by Gasteiger charge is 2.24. The first kappa shape index (κ1) is 23.1. The van der Waals surface area contributed by atoms with Crippen molar-refractivity contribution >= 4 is 33.7 Å². The number of carboxylic acids is 1. The van der Waals surface area contributed by atoms with Gasteiger partial charge in [0.1, 0.15) is 18.4 Å². The van der Waals surface area contributed by atoms with Gasteiger partial charge < -0.3 is 15.2 Å². The van der Waals surface area contributed by atoms with Gasteiger partial charge in [0, 0.05) is 17.2 Å². The molecule has 178 valence electrons. The molecule has 1 amide bonds. The molecule has 0 radical (unpaired) electrons. The Morgan fingerprint density at radius 3 is 2.06 bits per heavy atom. The molecule has 0 spiro atoms. The topological polar surface area (TPSA) is 88.5 Å². The number of aliphatic carboxylic acids is 1. The fourth-order valence-electron chi connectivity index (χ4n) is 4.25. The van der Waals surface area contributed by atoms with E-state index in [9.17, 15) is 14.7 Å². The van der Waals surface area contributed by atoms with Crippen LogP contribution in [0.4, 0.5) is 0 Å². The van der Waals surface area contributed by atoms with E-state index < -0.39 is 17.9 Å². The molecule has 0 aliphatic carbocycles. The Hall–Kier alpha value is -4.71. The Bertz CT molecular complexity index is 1500. The van der Waals surface area contributed by atoms with Gasteiger partial charge in [0.25, 0.3) is 5.91 Å². The van der Waals surface area contributed by atoms with Crippen LogP contribution in [0.5, 0.6) is 5.75 Å². The summed E-state index contributed by atoms with van der Waals surface area (Å²) in [5.74, 6) is -0.923. The van der Waals surface area contributed by atoms with Crippen molar-refractivity contribution in [3.63, 3.8) is 0 Å². The SMILES string of the molecule is O=C(N[C@H](Cc1cccc(OCc2ccccc2)c1)C(=O)O)c1c2ccccc2nc2ccccc12. The number of para-hydroxylation sites is 2. The molecule has 6 heteroatoms. The van der Waals surface area contributed by atoms with Crippen LogP contribution in [0.3, 0.4) is 0 Å². The van der Waals surface area contributed by atoms with E-state index in [1.54, 1.807) is 0 Å². The molecule has 5 aromatic rings. The van der Waals surface area contributed by atoms with E-state index in [2.05, 4.69) is 10.3 Å². The molecule has 0 unspecified atom stereocenters. The number of carbonyl (C=O) groups is 2. The Kier molecular flexibility index (Phi) is 6.58. The molecular weight excluding hydrogens is 452 g/mol. The van der Waals surface area contributed by atoms with Crippen LogP contribution in [0.2, 0.25) is 0 Å². The summed E-state index contributed by atoms with van der Waals surface area (Å²) in [7, 11) is 0. The summed E-state index contributed by atoms with van der Waals surface area (Å²) in [6.45, 7) is 0.408. The smallest absolute Gasteiger partial charge is 0.326 e. The van der Waals surface area contributed by atoms with Crippen molar-refractivity contribution in [1.82, 2.24) is 10.3 Å². The van der Waals surface area contributed by atoms with Crippen LogP contribution in [0.15, 0.2) is 103 Å². The molecular formula is C30H24N2O4. The first-order valence-electron chi connectivity index (χ1n) is 11.7. The van der Waals surface area contributed by atoms with E-state index in [-0.39, 0.29) is 6.42 Å². The lowest BCUT2D eigenvalue weighted by Crippen LogP contribution is -2.42. The molecule has 0 bridgehead atoms. The fourth-order valence-corrected chi connectivity index (χ4v) is 4.25. The summed E-state index contributed by atoms with van der Waals surface area (Å²) in [5.41, 5.74) is 3.56. The van der Waals surface area contributed by atoms with E-state index in [0.29, 0.717) is 39.7 Å². The third-order valence-corrected chi connectivity index (χ3v) is 6.00. The number of amides is 1. The number of carbonyl (C=O) groups excluding carboxylic acids is 1. The molecule has 1 atom stereocenters. The average Bonchev–Trinajstić information content (AvgIpc) is 2.91. The summed E-state index contributed by atoms with van der Waals surface area (Å²) in [6, 6.07) is 30.7. The van der Waals surface area contributed by atoms with Gasteiger partial charge in [-0.3, -0.25) is 4.79 Å². The number of nitrogens with zero attached hydrogens (tertiary/aromatic N) is 1. The Morgan fingerprint density at radius 1 is 0.778 bits per heavy atom. The number of hydrogen-bond acceptors (Lipinski definition) is 4. The summed E-state index contributed by atoms with van der Waals surface area (Å²) >= 11 is 0. The highest BCUT2D eigenvalue weighted by atomic mass is 16.5. The quantitative estimate of drug-likeness (QED) is 0.293. The maximum Gasteiger partial charge on any atom is 0.326 e. The zero-order valence-electron chi connectivity index (χ0n) is 19.4. The number of benzene rings is 4. The largest absolute Gasteiger partial charge is 0.489 e. The van der Waals surface area contributed by atoms with Gasteiger partial charge >= 0.3 is 5.97 Å². The van der Waals surface area contributed by atoms with Crippen molar-refractivity contribution in [2.75, 3.05) is 0 Å². The molecule has 0 aliphatic heterocycles. The zero-order chi connectivity index (χ0) is 24.9. The lowest BCUT2D eigenvalue weighted by molar-refractivity contribution is -0.139. The third-order valence-electron chi connectivity index (χ3n) is 6.00. The third kappa shape index (κ3) is 5.03. The van der Waals surface area contributed by atoms with Gasteiger partial charge in [-0.25, -0.2) is 9.78 Å². The number of rotatable bonds is 8. The summed E-state index contributed by atoms with van der Waals surface area (Å²) in [6.07, 6.45) is 0.116. The van der Waals surface area contributed by atoms with Crippen LogP contribution in [-0.4, -0.2) is 28.0 Å². The minimum atomic E-state index is -1.12. The number of ether oxygens (including phenoxy) is 1. The Labute approximate surface area is 208 Å². The van der Waals surface area contributed by atoms with Gasteiger partial charge in [0.05, 0.1) is 16.6 Å². The van der Waals surface area contributed by atoms with E-state index in [4.69, 9.17) is 4.74 Å². The van der Waals surface area contributed by atoms with Crippen molar-refractivity contribution in [1.29, 1.82) is 0 Å². The van der Waals surface area contributed by atoms with Gasteiger partial charge in [-0.2, -0.15) is 0 Å². The van der Waals surface area contributed by atoms with Gasteiger partial charge in [0.15, 0.2) is 0 Å². The second-order valence-electron chi connectivity index (χ2n) is 8.51.